The van der Waals surface area contributed by atoms with Crippen LogP contribution in [0.2, 0.25) is 0 Å². The number of alkyl halides is 1. The molecule has 0 aliphatic carbocycles. The Hall–Kier alpha value is -2.98. The second-order valence-electron chi connectivity index (χ2n) is 7.50. The molecule has 1 aromatic heterocycles. The summed E-state index contributed by atoms with van der Waals surface area (Å²) in [6, 6.07) is 24.7. The number of hydrogen-bond donors (Lipinski definition) is 2. The number of rotatable bonds is 11. The lowest BCUT2D eigenvalue weighted by Crippen LogP contribution is -2.05. The monoisotopic (exact) mass is 433 g/mol. The summed E-state index contributed by atoms with van der Waals surface area (Å²) in [6.45, 7) is 2.43. The molecular formula is C26H28ClN3O. The zero-order valence-electron chi connectivity index (χ0n) is 17.6. The SMILES string of the molecule is ClCCNc1ccc(OCCCCCNc2c3ccccc3nc3ccccc23)cc1. The number of pyridine rings is 1. The van der Waals surface area contributed by atoms with Gasteiger partial charge in [0, 0.05) is 35.4 Å². The van der Waals surface area contributed by atoms with Gasteiger partial charge in [0.1, 0.15) is 5.75 Å². The third-order valence-electron chi connectivity index (χ3n) is 5.26. The van der Waals surface area contributed by atoms with E-state index in [1.54, 1.807) is 0 Å². The molecule has 4 nitrogen and oxygen atoms in total. The first-order chi connectivity index (χ1) is 15.3. The summed E-state index contributed by atoms with van der Waals surface area (Å²) < 4.78 is 5.86. The average molecular weight is 434 g/mol. The first kappa shape index (κ1) is 21.3. The van der Waals surface area contributed by atoms with Crippen LogP contribution in [0.5, 0.6) is 5.75 Å². The zero-order chi connectivity index (χ0) is 21.3. The standard InChI is InChI=1S/C26H28ClN3O/c27-16-18-28-20-12-14-21(15-13-20)31-19-7-1-6-17-29-26-22-8-2-4-10-24(22)30-25-11-5-3-9-23(25)26/h2-5,8-15,28H,1,6-7,16-19H2,(H,29,30). The number of anilines is 2. The van der Waals surface area contributed by atoms with Gasteiger partial charge in [-0.3, -0.25) is 0 Å². The topological polar surface area (TPSA) is 46.2 Å². The van der Waals surface area contributed by atoms with Crippen molar-refractivity contribution in [3.63, 3.8) is 0 Å². The summed E-state index contributed by atoms with van der Waals surface area (Å²) >= 11 is 5.70. The summed E-state index contributed by atoms with van der Waals surface area (Å²) in [6.07, 6.45) is 3.24. The van der Waals surface area contributed by atoms with E-state index in [1.807, 2.05) is 36.4 Å². The fourth-order valence-corrected chi connectivity index (χ4v) is 3.79. The van der Waals surface area contributed by atoms with Gasteiger partial charge in [0.15, 0.2) is 0 Å². The third kappa shape index (κ3) is 5.59. The van der Waals surface area contributed by atoms with Crippen LogP contribution in [0.3, 0.4) is 0 Å². The molecule has 4 rings (SSSR count). The van der Waals surface area contributed by atoms with Crippen molar-refractivity contribution < 1.29 is 4.74 Å². The lowest BCUT2D eigenvalue weighted by Gasteiger charge is -2.13. The van der Waals surface area contributed by atoms with E-state index in [1.165, 1.54) is 16.5 Å². The van der Waals surface area contributed by atoms with Crippen LogP contribution in [-0.4, -0.2) is 30.6 Å². The highest BCUT2D eigenvalue weighted by molar-refractivity contribution is 6.18. The smallest absolute Gasteiger partial charge is 0.119 e. The van der Waals surface area contributed by atoms with Crippen LogP contribution in [0, 0.1) is 0 Å². The number of hydrogen-bond acceptors (Lipinski definition) is 4. The highest BCUT2D eigenvalue weighted by Crippen LogP contribution is 2.30. The first-order valence-electron chi connectivity index (χ1n) is 10.9. The maximum absolute atomic E-state index is 5.86. The van der Waals surface area contributed by atoms with E-state index >= 15 is 0 Å². The molecule has 0 spiro atoms. The Morgan fingerprint density at radius 2 is 1.39 bits per heavy atom. The molecule has 0 saturated heterocycles. The van der Waals surface area contributed by atoms with Gasteiger partial charge in [-0.05, 0) is 55.7 Å². The molecule has 5 heteroatoms. The lowest BCUT2D eigenvalue weighted by atomic mass is 10.1. The number of unbranched alkanes of at least 4 members (excludes halogenated alkanes) is 2. The number of aromatic nitrogens is 1. The van der Waals surface area contributed by atoms with E-state index in [0.717, 1.165) is 61.4 Å². The molecule has 0 fully saturated rings. The number of halogens is 1. The second-order valence-corrected chi connectivity index (χ2v) is 7.88. The quantitative estimate of drug-likeness (QED) is 0.157. The molecule has 0 radical (unpaired) electrons. The second kappa shape index (κ2) is 10.9. The largest absolute Gasteiger partial charge is 0.494 e. The van der Waals surface area contributed by atoms with Gasteiger partial charge in [-0.25, -0.2) is 4.98 Å². The molecule has 1 heterocycles. The van der Waals surface area contributed by atoms with Crippen molar-refractivity contribution in [2.24, 2.45) is 0 Å². The van der Waals surface area contributed by atoms with Crippen LogP contribution < -0.4 is 15.4 Å². The highest BCUT2D eigenvalue weighted by atomic mass is 35.5. The van der Waals surface area contributed by atoms with E-state index in [4.69, 9.17) is 21.3 Å². The van der Waals surface area contributed by atoms with E-state index in [0.29, 0.717) is 5.88 Å². The van der Waals surface area contributed by atoms with Crippen molar-refractivity contribution in [2.45, 2.75) is 19.3 Å². The number of nitrogens with one attached hydrogen (secondary N) is 2. The minimum Gasteiger partial charge on any atom is -0.494 e. The molecule has 0 atom stereocenters. The van der Waals surface area contributed by atoms with Crippen LogP contribution >= 0.6 is 11.6 Å². The number of para-hydroxylation sites is 2. The van der Waals surface area contributed by atoms with Crippen LogP contribution in [0.1, 0.15) is 19.3 Å². The van der Waals surface area contributed by atoms with Gasteiger partial charge in [0.25, 0.3) is 0 Å². The van der Waals surface area contributed by atoms with Gasteiger partial charge < -0.3 is 15.4 Å². The number of benzene rings is 3. The molecule has 4 aromatic rings. The molecule has 160 valence electrons. The molecule has 31 heavy (non-hydrogen) atoms. The van der Waals surface area contributed by atoms with E-state index in [9.17, 15) is 0 Å². The number of nitrogens with zero attached hydrogens (tertiary/aromatic N) is 1. The van der Waals surface area contributed by atoms with E-state index in [-0.39, 0.29) is 0 Å². The molecule has 0 aliphatic rings. The fraction of sp³-hybridized carbons (Fsp3) is 0.269. The number of fused-ring (bicyclic) bond motifs is 2. The van der Waals surface area contributed by atoms with Crippen molar-refractivity contribution in [2.75, 3.05) is 36.2 Å². The molecule has 2 N–H and O–H groups in total. The van der Waals surface area contributed by atoms with Crippen LogP contribution in [0.25, 0.3) is 21.8 Å². The van der Waals surface area contributed by atoms with Gasteiger partial charge in [0.2, 0.25) is 0 Å². The van der Waals surface area contributed by atoms with Crippen LogP contribution in [0.15, 0.2) is 72.8 Å². The zero-order valence-corrected chi connectivity index (χ0v) is 18.4. The minimum absolute atomic E-state index is 0.598. The summed E-state index contributed by atoms with van der Waals surface area (Å²) in [7, 11) is 0. The molecule has 0 saturated carbocycles. The van der Waals surface area contributed by atoms with Gasteiger partial charge in [-0.1, -0.05) is 36.4 Å². The Morgan fingerprint density at radius 3 is 2.06 bits per heavy atom. The van der Waals surface area contributed by atoms with Crippen molar-refractivity contribution >= 4 is 44.8 Å². The molecule has 0 amide bonds. The summed E-state index contributed by atoms with van der Waals surface area (Å²) in [5, 5.41) is 9.26. The average Bonchev–Trinajstić information content (AvgIpc) is 2.82. The molecule has 3 aromatic carbocycles. The van der Waals surface area contributed by atoms with Crippen LogP contribution in [0.4, 0.5) is 11.4 Å². The van der Waals surface area contributed by atoms with Gasteiger partial charge in [-0.2, -0.15) is 0 Å². The Morgan fingerprint density at radius 1 is 0.710 bits per heavy atom. The Kier molecular flexibility index (Phi) is 7.46. The van der Waals surface area contributed by atoms with Crippen molar-refractivity contribution in [1.29, 1.82) is 0 Å². The van der Waals surface area contributed by atoms with Crippen LogP contribution in [-0.2, 0) is 0 Å². The van der Waals surface area contributed by atoms with Gasteiger partial charge >= 0.3 is 0 Å². The maximum atomic E-state index is 5.86. The normalized spacial score (nSPS) is 11.0. The first-order valence-corrected chi connectivity index (χ1v) is 11.4. The fourth-order valence-electron chi connectivity index (χ4n) is 3.70. The minimum atomic E-state index is 0.598. The van der Waals surface area contributed by atoms with E-state index < -0.39 is 0 Å². The Balaban J connectivity index is 1.24. The van der Waals surface area contributed by atoms with E-state index in [2.05, 4.69) is 47.0 Å². The predicted molar refractivity (Wildman–Crippen MR) is 133 cm³/mol. The molecule has 0 aliphatic heterocycles. The lowest BCUT2D eigenvalue weighted by molar-refractivity contribution is 0.306. The molecular weight excluding hydrogens is 406 g/mol. The summed E-state index contributed by atoms with van der Waals surface area (Å²) in [5.41, 5.74) is 4.30. The highest BCUT2D eigenvalue weighted by Gasteiger charge is 2.07. The predicted octanol–water partition coefficient (Wildman–Crippen LogP) is 6.70. The van der Waals surface area contributed by atoms with Crippen molar-refractivity contribution in [1.82, 2.24) is 4.98 Å². The molecule has 0 bridgehead atoms. The molecule has 0 unspecified atom stereocenters. The van der Waals surface area contributed by atoms with Gasteiger partial charge in [-0.15, -0.1) is 11.6 Å². The Labute approximate surface area is 188 Å². The third-order valence-corrected chi connectivity index (χ3v) is 5.45. The van der Waals surface area contributed by atoms with Crippen molar-refractivity contribution in [3.05, 3.63) is 72.8 Å². The maximum Gasteiger partial charge on any atom is 0.119 e. The summed E-state index contributed by atoms with van der Waals surface area (Å²) in [4.78, 5) is 4.79. The summed E-state index contributed by atoms with van der Waals surface area (Å²) in [5.74, 6) is 1.50. The Bertz CT molecular complexity index is 1060. The number of ether oxygens (including phenoxy) is 1. The van der Waals surface area contributed by atoms with Crippen molar-refractivity contribution in [3.8, 4) is 5.75 Å². The van der Waals surface area contributed by atoms with Gasteiger partial charge in [0.05, 0.1) is 23.3 Å².